The number of Topliss-reactive ketones (excluding diaryl/α,β-unsaturated/α-hetero) is 1. The second kappa shape index (κ2) is 8.37. The Hall–Kier alpha value is -1.64. The predicted octanol–water partition coefficient (Wildman–Crippen LogP) is 3.22. The first kappa shape index (κ1) is 20.7. The Kier molecular flexibility index (Phi) is 6.65. The fourth-order valence-electron chi connectivity index (χ4n) is 3.06. The number of hydrogen-bond acceptors (Lipinski definition) is 4. The molecule has 1 atom stereocenters. The summed E-state index contributed by atoms with van der Waals surface area (Å²) in [5.74, 6) is -0.189. The monoisotopic (exact) mass is 472 g/mol. The lowest BCUT2D eigenvalue weighted by atomic mass is 9.89. The van der Waals surface area contributed by atoms with Crippen molar-refractivity contribution in [3.8, 4) is 0 Å². The van der Waals surface area contributed by atoms with Crippen LogP contribution in [0.4, 0.5) is 4.79 Å². The predicted molar refractivity (Wildman–Crippen MR) is 107 cm³/mol. The van der Waals surface area contributed by atoms with E-state index in [-0.39, 0.29) is 30.7 Å². The first-order valence-corrected chi connectivity index (χ1v) is 9.69. The second-order valence-electron chi connectivity index (χ2n) is 7.42. The van der Waals surface area contributed by atoms with Gasteiger partial charge in [-0.15, -0.1) is 0 Å². The fraction of sp³-hybridized carbons (Fsp3) is 0.526. The molecule has 1 aliphatic rings. The van der Waals surface area contributed by atoms with Crippen LogP contribution in [0.2, 0.25) is 0 Å². The van der Waals surface area contributed by atoms with Crippen LogP contribution in [0.5, 0.6) is 0 Å². The van der Waals surface area contributed by atoms with Gasteiger partial charge in [-0.05, 0) is 73.9 Å². The van der Waals surface area contributed by atoms with Gasteiger partial charge in [0.05, 0.1) is 6.04 Å². The maximum absolute atomic E-state index is 12.7. The minimum Gasteiger partial charge on any atom is -0.444 e. The number of carbonyl (C=O) groups is 3. The van der Waals surface area contributed by atoms with E-state index in [1.807, 2.05) is 18.2 Å². The van der Waals surface area contributed by atoms with Crippen molar-refractivity contribution in [2.24, 2.45) is 0 Å². The molecule has 1 unspecified atom stereocenters. The maximum Gasteiger partial charge on any atom is 0.408 e. The van der Waals surface area contributed by atoms with Crippen molar-refractivity contribution in [1.82, 2.24) is 10.2 Å². The van der Waals surface area contributed by atoms with E-state index < -0.39 is 11.7 Å². The van der Waals surface area contributed by atoms with Gasteiger partial charge in [-0.25, -0.2) is 4.79 Å². The van der Waals surface area contributed by atoms with Gasteiger partial charge < -0.3 is 15.0 Å². The van der Waals surface area contributed by atoms with Crippen LogP contribution in [0.3, 0.4) is 0 Å². The molecule has 0 aromatic heterocycles. The van der Waals surface area contributed by atoms with Crippen LogP contribution in [0, 0.1) is 3.57 Å². The molecule has 1 aromatic rings. The number of alkyl carbamates (subject to hydrolysis) is 1. The Bertz CT molecular complexity index is 712. The molecular weight excluding hydrogens is 447 g/mol. The number of nitrogens with one attached hydrogen (secondary N) is 1. The number of ketones is 1. The third-order valence-electron chi connectivity index (χ3n) is 4.08. The number of rotatable bonds is 4. The number of amides is 2. The number of halogens is 1. The van der Waals surface area contributed by atoms with Crippen LogP contribution in [-0.4, -0.2) is 41.4 Å². The summed E-state index contributed by atoms with van der Waals surface area (Å²) in [5.41, 5.74) is 1.60. The molecule has 0 saturated carbocycles. The number of fused-ring (bicyclic) bond motifs is 1. The topological polar surface area (TPSA) is 75.7 Å². The third kappa shape index (κ3) is 5.43. The van der Waals surface area contributed by atoms with Crippen molar-refractivity contribution in [2.45, 2.75) is 52.2 Å². The molecule has 0 aliphatic carbocycles. The smallest absolute Gasteiger partial charge is 0.408 e. The molecule has 7 heteroatoms. The molecule has 0 bridgehead atoms. The van der Waals surface area contributed by atoms with Gasteiger partial charge in [0.25, 0.3) is 0 Å². The van der Waals surface area contributed by atoms with E-state index in [0.717, 1.165) is 15.6 Å². The number of benzene rings is 1. The SMILES string of the molecule is CC(=O)CC1c2cccc(I)c2CCN1C(=O)CNC(=O)OC(C)(C)C. The van der Waals surface area contributed by atoms with E-state index in [9.17, 15) is 14.4 Å². The summed E-state index contributed by atoms with van der Waals surface area (Å²) >= 11 is 2.29. The quantitative estimate of drug-likeness (QED) is 0.684. The largest absolute Gasteiger partial charge is 0.444 e. The third-order valence-corrected chi connectivity index (χ3v) is 5.09. The lowest BCUT2D eigenvalue weighted by Gasteiger charge is -2.37. The molecule has 2 amide bonds. The molecular formula is C19H25IN2O4. The fourth-order valence-corrected chi connectivity index (χ4v) is 3.85. The summed E-state index contributed by atoms with van der Waals surface area (Å²) in [6.45, 7) is 7.20. The van der Waals surface area contributed by atoms with Crippen molar-refractivity contribution >= 4 is 40.4 Å². The molecule has 0 saturated heterocycles. The lowest BCUT2D eigenvalue weighted by molar-refractivity contribution is -0.134. The van der Waals surface area contributed by atoms with Crippen molar-refractivity contribution < 1.29 is 19.1 Å². The zero-order valence-electron chi connectivity index (χ0n) is 15.6. The van der Waals surface area contributed by atoms with Crippen molar-refractivity contribution in [1.29, 1.82) is 0 Å². The second-order valence-corrected chi connectivity index (χ2v) is 8.58. The van der Waals surface area contributed by atoms with Gasteiger partial charge >= 0.3 is 6.09 Å². The lowest BCUT2D eigenvalue weighted by Crippen LogP contribution is -2.46. The van der Waals surface area contributed by atoms with E-state index >= 15 is 0 Å². The number of carbonyl (C=O) groups excluding carboxylic acids is 3. The Morgan fingerprint density at radius 2 is 2.00 bits per heavy atom. The van der Waals surface area contributed by atoms with Gasteiger partial charge in [-0.3, -0.25) is 9.59 Å². The molecule has 1 N–H and O–H groups in total. The zero-order chi connectivity index (χ0) is 19.5. The van der Waals surface area contributed by atoms with Gasteiger partial charge in [0, 0.05) is 16.5 Å². The van der Waals surface area contributed by atoms with Crippen molar-refractivity contribution in [2.75, 3.05) is 13.1 Å². The maximum atomic E-state index is 12.7. The molecule has 26 heavy (non-hydrogen) atoms. The molecule has 1 aliphatic heterocycles. The van der Waals surface area contributed by atoms with Gasteiger partial charge in [0.2, 0.25) is 5.91 Å². The van der Waals surface area contributed by atoms with Gasteiger partial charge in [-0.1, -0.05) is 12.1 Å². The Labute approximate surface area is 167 Å². The molecule has 142 valence electrons. The molecule has 1 aromatic carbocycles. The van der Waals surface area contributed by atoms with Crippen LogP contribution >= 0.6 is 22.6 Å². The first-order valence-electron chi connectivity index (χ1n) is 8.61. The van der Waals surface area contributed by atoms with E-state index in [2.05, 4.69) is 27.9 Å². The molecule has 0 fully saturated rings. The summed E-state index contributed by atoms with van der Waals surface area (Å²) in [5, 5.41) is 2.51. The number of ether oxygens (including phenoxy) is 1. The Morgan fingerprint density at radius 1 is 1.31 bits per heavy atom. The van der Waals surface area contributed by atoms with E-state index in [0.29, 0.717) is 6.54 Å². The minimum absolute atomic E-state index is 0.0274. The summed E-state index contributed by atoms with van der Waals surface area (Å²) < 4.78 is 6.31. The number of hydrogen-bond donors (Lipinski definition) is 1. The van der Waals surface area contributed by atoms with Crippen molar-refractivity contribution in [3.63, 3.8) is 0 Å². The highest BCUT2D eigenvalue weighted by Gasteiger charge is 2.32. The van der Waals surface area contributed by atoms with Crippen LogP contribution in [0.15, 0.2) is 18.2 Å². The minimum atomic E-state index is -0.624. The average molecular weight is 472 g/mol. The summed E-state index contributed by atoms with van der Waals surface area (Å²) in [6.07, 6.45) is 0.382. The van der Waals surface area contributed by atoms with E-state index in [1.165, 1.54) is 12.5 Å². The summed E-state index contributed by atoms with van der Waals surface area (Å²) in [6, 6.07) is 5.66. The zero-order valence-corrected chi connectivity index (χ0v) is 17.8. The number of nitrogens with zero attached hydrogens (tertiary/aromatic N) is 1. The van der Waals surface area contributed by atoms with Crippen LogP contribution < -0.4 is 5.32 Å². The van der Waals surface area contributed by atoms with Gasteiger partial charge in [0.15, 0.2) is 0 Å². The van der Waals surface area contributed by atoms with E-state index in [1.54, 1.807) is 25.7 Å². The van der Waals surface area contributed by atoms with Gasteiger partial charge in [-0.2, -0.15) is 0 Å². The highest BCUT2D eigenvalue weighted by Crippen LogP contribution is 2.34. The summed E-state index contributed by atoms with van der Waals surface area (Å²) in [7, 11) is 0. The molecule has 0 radical (unpaired) electrons. The highest BCUT2D eigenvalue weighted by atomic mass is 127. The Balaban J connectivity index is 2.13. The Morgan fingerprint density at radius 3 is 2.62 bits per heavy atom. The normalized spacial score (nSPS) is 16.7. The molecule has 6 nitrogen and oxygen atoms in total. The average Bonchev–Trinajstić information content (AvgIpc) is 2.51. The highest BCUT2D eigenvalue weighted by molar-refractivity contribution is 14.1. The molecule has 0 spiro atoms. The van der Waals surface area contributed by atoms with Crippen molar-refractivity contribution in [3.05, 3.63) is 32.9 Å². The first-order chi connectivity index (χ1) is 12.1. The standard InChI is InChI=1S/C19H25IN2O4/c1-12(23)10-16-14-6-5-7-15(20)13(14)8-9-22(16)17(24)11-21-18(25)26-19(2,3)4/h5-7,16H,8-11H2,1-4H3,(H,21,25). The van der Waals surface area contributed by atoms with Crippen LogP contribution in [0.25, 0.3) is 0 Å². The van der Waals surface area contributed by atoms with Gasteiger partial charge in [0.1, 0.15) is 17.9 Å². The van der Waals surface area contributed by atoms with E-state index in [4.69, 9.17) is 4.74 Å². The van der Waals surface area contributed by atoms with Crippen LogP contribution in [0.1, 0.15) is 51.3 Å². The van der Waals surface area contributed by atoms with Crippen LogP contribution in [-0.2, 0) is 20.7 Å². The molecule has 2 rings (SSSR count). The summed E-state index contributed by atoms with van der Waals surface area (Å²) in [4.78, 5) is 37.9. The molecule has 1 heterocycles.